The number of nitro benzene ring substituents is 1. The van der Waals surface area contributed by atoms with Crippen molar-refractivity contribution in [1.29, 1.82) is 0 Å². The van der Waals surface area contributed by atoms with Crippen molar-refractivity contribution in [3.8, 4) is 11.5 Å². The molecule has 0 aliphatic rings. The highest BCUT2D eigenvalue weighted by molar-refractivity contribution is 6.42. The number of carbonyl (C=O) groups excluding carboxylic acids is 1. The van der Waals surface area contributed by atoms with Crippen molar-refractivity contribution in [2.45, 2.75) is 6.73 Å². The van der Waals surface area contributed by atoms with Gasteiger partial charge < -0.3 is 15.2 Å². The van der Waals surface area contributed by atoms with E-state index in [-0.39, 0.29) is 28.8 Å². The maximum atomic E-state index is 12.3. The molecule has 0 spiro atoms. The number of aromatic hydroxyl groups is 1. The fourth-order valence-electron chi connectivity index (χ4n) is 2.21. The van der Waals surface area contributed by atoms with Gasteiger partial charge in [0.2, 0.25) is 0 Å². The van der Waals surface area contributed by atoms with Crippen LogP contribution < -0.4 is 10.1 Å². The Morgan fingerprint density at radius 3 is 2.79 bits per heavy atom. The van der Waals surface area contributed by atoms with Crippen LogP contribution in [-0.2, 0) is 6.73 Å². The third-order valence-corrected chi connectivity index (χ3v) is 4.38. The van der Waals surface area contributed by atoms with Gasteiger partial charge in [0.1, 0.15) is 16.5 Å². The Hall–Kier alpha value is -3.30. The van der Waals surface area contributed by atoms with Crippen molar-refractivity contribution in [3.05, 3.63) is 74.5 Å². The van der Waals surface area contributed by atoms with Crippen molar-refractivity contribution in [2.75, 3.05) is 5.32 Å². The lowest BCUT2D eigenvalue weighted by atomic mass is 10.2. The van der Waals surface area contributed by atoms with E-state index in [1.807, 2.05) is 0 Å². The topological polar surface area (TPSA) is 120 Å². The van der Waals surface area contributed by atoms with E-state index in [1.165, 1.54) is 23.0 Å². The molecule has 1 aromatic heterocycles. The highest BCUT2D eigenvalue weighted by Crippen LogP contribution is 2.31. The first-order valence-corrected chi connectivity index (χ1v) is 8.50. The van der Waals surface area contributed by atoms with Gasteiger partial charge in [0.05, 0.1) is 21.7 Å². The molecule has 0 saturated carbocycles. The van der Waals surface area contributed by atoms with Crippen LogP contribution in [0.25, 0.3) is 0 Å². The van der Waals surface area contributed by atoms with Crippen molar-refractivity contribution in [1.82, 2.24) is 9.78 Å². The highest BCUT2D eigenvalue weighted by atomic mass is 35.5. The van der Waals surface area contributed by atoms with Gasteiger partial charge in [-0.05, 0) is 24.3 Å². The number of nitrogens with one attached hydrogen (secondary N) is 1. The monoisotopic (exact) mass is 422 g/mol. The van der Waals surface area contributed by atoms with E-state index in [1.54, 1.807) is 18.2 Å². The van der Waals surface area contributed by atoms with E-state index in [9.17, 15) is 20.0 Å². The number of nitro groups is 1. The fraction of sp³-hybridized carbons (Fsp3) is 0.0588. The van der Waals surface area contributed by atoms with Crippen molar-refractivity contribution in [3.63, 3.8) is 0 Å². The number of hydrogen-bond donors (Lipinski definition) is 2. The molecule has 0 aliphatic carbocycles. The normalized spacial score (nSPS) is 10.5. The first-order valence-electron chi connectivity index (χ1n) is 7.74. The number of phenolic OH excluding ortho intramolecular Hbond substituents is 1. The van der Waals surface area contributed by atoms with Crippen LogP contribution in [0.3, 0.4) is 0 Å². The summed E-state index contributed by atoms with van der Waals surface area (Å²) >= 11 is 11.9. The molecule has 28 heavy (non-hydrogen) atoms. The van der Waals surface area contributed by atoms with Gasteiger partial charge in [-0.2, -0.15) is 5.10 Å². The molecule has 0 bridgehead atoms. The quantitative estimate of drug-likeness (QED) is 0.350. The zero-order valence-electron chi connectivity index (χ0n) is 14.0. The van der Waals surface area contributed by atoms with Crippen LogP contribution in [0.1, 0.15) is 10.5 Å². The maximum Gasteiger partial charge on any atom is 0.276 e. The Morgan fingerprint density at radius 1 is 1.29 bits per heavy atom. The second kappa shape index (κ2) is 8.15. The van der Waals surface area contributed by atoms with Gasteiger partial charge in [-0.1, -0.05) is 29.3 Å². The number of carbonyl (C=O) groups is 1. The molecule has 1 amide bonds. The van der Waals surface area contributed by atoms with Gasteiger partial charge in [0, 0.05) is 12.3 Å². The van der Waals surface area contributed by atoms with E-state index < -0.39 is 16.6 Å². The smallest absolute Gasteiger partial charge is 0.276 e. The van der Waals surface area contributed by atoms with Gasteiger partial charge in [0.25, 0.3) is 11.6 Å². The van der Waals surface area contributed by atoms with Crippen LogP contribution in [0, 0.1) is 10.1 Å². The summed E-state index contributed by atoms with van der Waals surface area (Å²) < 4.78 is 6.88. The molecule has 9 nitrogen and oxygen atoms in total. The zero-order chi connectivity index (χ0) is 20.3. The minimum Gasteiger partial charge on any atom is -0.506 e. The molecule has 0 atom stereocenters. The molecule has 2 aromatic carbocycles. The summed E-state index contributed by atoms with van der Waals surface area (Å²) in [5.74, 6) is -0.670. The Morgan fingerprint density at radius 2 is 2.07 bits per heavy atom. The summed E-state index contributed by atoms with van der Waals surface area (Å²) in [6.45, 7) is -0.0177. The standard InChI is InChI=1S/C17H12Cl2N4O5/c18-11-2-1-3-15(16(11)19)28-9-22-7-6-13(21-22)17(25)20-12-5-4-10(23(26)27)8-14(12)24/h1-8,24H,9H2,(H,20,25). The predicted molar refractivity (Wildman–Crippen MR) is 102 cm³/mol. The SMILES string of the molecule is O=C(Nc1ccc([N+](=O)[O-])cc1O)c1ccn(COc2cccc(Cl)c2Cl)n1. The molecule has 0 aliphatic heterocycles. The molecular formula is C17H12Cl2N4O5. The van der Waals surface area contributed by atoms with Gasteiger partial charge in [0.15, 0.2) is 12.4 Å². The first kappa shape index (κ1) is 19.5. The molecule has 0 radical (unpaired) electrons. The van der Waals surface area contributed by atoms with Gasteiger partial charge >= 0.3 is 0 Å². The Balaban J connectivity index is 1.65. The number of amides is 1. The lowest BCUT2D eigenvalue weighted by molar-refractivity contribution is -0.384. The van der Waals surface area contributed by atoms with E-state index in [0.29, 0.717) is 10.8 Å². The van der Waals surface area contributed by atoms with E-state index in [4.69, 9.17) is 27.9 Å². The number of rotatable bonds is 6. The van der Waals surface area contributed by atoms with Crippen LogP contribution in [0.4, 0.5) is 11.4 Å². The minimum atomic E-state index is -0.654. The van der Waals surface area contributed by atoms with Crippen molar-refractivity contribution >= 4 is 40.5 Å². The van der Waals surface area contributed by atoms with Crippen molar-refractivity contribution in [2.24, 2.45) is 0 Å². The van der Waals surface area contributed by atoms with Crippen LogP contribution >= 0.6 is 23.2 Å². The molecule has 3 rings (SSSR count). The minimum absolute atomic E-state index is 0.0177. The van der Waals surface area contributed by atoms with Crippen LogP contribution in [0.5, 0.6) is 11.5 Å². The molecule has 3 aromatic rings. The third kappa shape index (κ3) is 4.33. The average molecular weight is 423 g/mol. The molecule has 1 heterocycles. The van der Waals surface area contributed by atoms with Gasteiger partial charge in [-0.15, -0.1) is 0 Å². The number of benzene rings is 2. The molecule has 2 N–H and O–H groups in total. The number of halogens is 2. The molecule has 0 unspecified atom stereocenters. The summed E-state index contributed by atoms with van der Waals surface area (Å²) in [6, 6.07) is 9.73. The summed E-state index contributed by atoms with van der Waals surface area (Å²) in [7, 11) is 0. The Bertz CT molecular complexity index is 1050. The summed E-state index contributed by atoms with van der Waals surface area (Å²) in [5.41, 5.74) is -0.220. The molecule has 144 valence electrons. The van der Waals surface area contributed by atoms with Gasteiger partial charge in [-0.3, -0.25) is 14.9 Å². The summed E-state index contributed by atoms with van der Waals surface area (Å²) in [6.07, 6.45) is 1.52. The summed E-state index contributed by atoms with van der Waals surface area (Å²) in [4.78, 5) is 22.3. The zero-order valence-corrected chi connectivity index (χ0v) is 15.5. The number of hydrogen-bond acceptors (Lipinski definition) is 6. The number of non-ortho nitro benzene ring substituents is 1. The molecule has 0 fully saturated rings. The van der Waals surface area contributed by atoms with E-state index >= 15 is 0 Å². The van der Waals surface area contributed by atoms with Crippen molar-refractivity contribution < 1.29 is 19.6 Å². The predicted octanol–water partition coefficient (Wildman–Crippen LogP) is 4.09. The molecule has 11 heteroatoms. The number of phenols is 1. The Labute approximate surface area is 168 Å². The van der Waals surface area contributed by atoms with E-state index in [2.05, 4.69) is 10.4 Å². The lowest BCUT2D eigenvalue weighted by Gasteiger charge is -2.08. The molecule has 0 saturated heterocycles. The first-order chi connectivity index (χ1) is 13.3. The maximum absolute atomic E-state index is 12.3. The lowest BCUT2D eigenvalue weighted by Crippen LogP contribution is -2.14. The number of nitrogens with zero attached hydrogens (tertiary/aromatic N) is 3. The van der Waals surface area contributed by atoms with E-state index in [0.717, 1.165) is 12.1 Å². The van der Waals surface area contributed by atoms with Crippen LogP contribution in [0.2, 0.25) is 10.0 Å². The highest BCUT2D eigenvalue weighted by Gasteiger charge is 2.15. The Kier molecular flexibility index (Phi) is 5.67. The fourth-order valence-corrected chi connectivity index (χ4v) is 2.56. The van der Waals surface area contributed by atoms with Gasteiger partial charge in [-0.25, -0.2) is 4.68 Å². The van der Waals surface area contributed by atoms with Crippen LogP contribution in [0.15, 0.2) is 48.7 Å². The second-order valence-electron chi connectivity index (χ2n) is 5.48. The number of anilines is 1. The average Bonchev–Trinajstić information content (AvgIpc) is 3.13. The largest absolute Gasteiger partial charge is 0.506 e. The number of aromatic nitrogens is 2. The number of ether oxygens (including phenoxy) is 1. The van der Waals surface area contributed by atoms with Crippen LogP contribution in [-0.4, -0.2) is 25.7 Å². The second-order valence-corrected chi connectivity index (χ2v) is 6.26. The molecular weight excluding hydrogens is 411 g/mol. The third-order valence-electron chi connectivity index (χ3n) is 3.58. The summed E-state index contributed by atoms with van der Waals surface area (Å²) in [5, 5.41) is 27.6.